The van der Waals surface area contributed by atoms with Crippen molar-refractivity contribution in [2.24, 2.45) is 16.8 Å². The summed E-state index contributed by atoms with van der Waals surface area (Å²) >= 11 is 0. The molecule has 0 fully saturated rings. The van der Waals surface area contributed by atoms with Gasteiger partial charge in [0.25, 0.3) is 0 Å². The topological polar surface area (TPSA) is 32.6 Å². The fourth-order valence-electron chi connectivity index (χ4n) is 1.36. The zero-order chi connectivity index (χ0) is 11.0. The van der Waals surface area contributed by atoms with Crippen LogP contribution >= 0.6 is 0 Å². The zero-order valence-electron chi connectivity index (χ0n) is 9.66. The van der Waals surface area contributed by atoms with Gasteiger partial charge in [-0.05, 0) is 25.2 Å². The molecule has 0 bridgehead atoms. The summed E-state index contributed by atoms with van der Waals surface area (Å²) in [5, 5.41) is 8.82. The Balaban J connectivity index is 4.15. The number of aliphatic hydroxyl groups excluding tert-OH is 1. The maximum absolute atomic E-state index is 8.82. The molecule has 0 aliphatic rings. The minimum absolute atomic E-state index is 0.0707. The third kappa shape index (κ3) is 5.18. The lowest BCUT2D eigenvalue weighted by molar-refractivity contribution is 0.348. The van der Waals surface area contributed by atoms with Crippen molar-refractivity contribution in [2.75, 3.05) is 13.2 Å². The van der Waals surface area contributed by atoms with Crippen molar-refractivity contribution in [3.05, 3.63) is 12.7 Å². The molecule has 2 heteroatoms. The van der Waals surface area contributed by atoms with E-state index in [0.29, 0.717) is 11.8 Å². The number of hydrogen-bond donors (Lipinski definition) is 1. The molecule has 14 heavy (non-hydrogen) atoms. The number of rotatable bonds is 7. The fraction of sp³-hybridized carbons (Fsp3) is 0.750. The van der Waals surface area contributed by atoms with Gasteiger partial charge in [-0.15, -0.1) is 6.58 Å². The molecule has 0 aromatic rings. The zero-order valence-corrected chi connectivity index (χ0v) is 9.66. The van der Waals surface area contributed by atoms with Crippen LogP contribution in [0.15, 0.2) is 17.6 Å². The third-order valence-corrected chi connectivity index (χ3v) is 2.74. The first-order valence-corrected chi connectivity index (χ1v) is 5.37. The molecule has 1 N–H and O–H groups in total. The van der Waals surface area contributed by atoms with Crippen molar-refractivity contribution >= 4 is 5.71 Å². The first kappa shape index (κ1) is 13.4. The van der Waals surface area contributed by atoms with Crippen LogP contribution in [0.4, 0.5) is 0 Å². The minimum atomic E-state index is 0.0707. The summed E-state index contributed by atoms with van der Waals surface area (Å²) in [6, 6.07) is 0. The Labute approximate surface area is 87.8 Å². The van der Waals surface area contributed by atoms with E-state index >= 15 is 0 Å². The normalized spacial score (nSPS) is 16.4. The summed E-state index contributed by atoms with van der Waals surface area (Å²) in [6.07, 6.45) is 4.14. The van der Waals surface area contributed by atoms with Crippen LogP contribution in [-0.4, -0.2) is 24.0 Å². The van der Waals surface area contributed by atoms with Gasteiger partial charge in [0, 0.05) is 12.3 Å². The van der Waals surface area contributed by atoms with Crippen LogP contribution in [0.2, 0.25) is 0 Å². The monoisotopic (exact) mass is 197 g/mol. The summed E-state index contributed by atoms with van der Waals surface area (Å²) in [5.74, 6) is 1.24. The second-order valence-corrected chi connectivity index (χ2v) is 3.90. The van der Waals surface area contributed by atoms with Gasteiger partial charge in [-0.2, -0.15) is 0 Å². The highest BCUT2D eigenvalue weighted by atomic mass is 16.3. The predicted octanol–water partition coefficient (Wildman–Crippen LogP) is 2.68. The Morgan fingerprint density at radius 3 is 2.64 bits per heavy atom. The van der Waals surface area contributed by atoms with Crippen LogP contribution in [0.5, 0.6) is 0 Å². The number of hydrogen-bond acceptors (Lipinski definition) is 2. The SMILES string of the molecule is C=CCC(C/N=C(\C)CO)[C@@H](C)CC. The second kappa shape index (κ2) is 7.74. The minimum Gasteiger partial charge on any atom is -0.390 e. The van der Waals surface area contributed by atoms with Gasteiger partial charge in [0.2, 0.25) is 0 Å². The van der Waals surface area contributed by atoms with Gasteiger partial charge in [0.1, 0.15) is 0 Å². The van der Waals surface area contributed by atoms with Crippen molar-refractivity contribution < 1.29 is 5.11 Å². The molecule has 0 rings (SSSR count). The van der Waals surface area contributed by atoms with Gasteiger partial charge in [-0.3, -0.25) is 4.99 Å². The highest BCUT2D eigenvalue weighted by molar-refractivity contribution is 5.82. The van der Waals surface area contributed by atoms with Gasteiger partial charge in [0.15, 0.2) is 0 Å². The van der Waals surface area contributed by atoms with E-state index in [2.05, 4.69) is 25.4 Å². The molecule has 0 spiro atoms. The predicted molar refractivity (Wildman–Crippen MR) is 62.8 cm³/mol. The van der Waals surface area contributed by atoms with Crippen molar-refractivity contribution in [1.82, 2.24) is 0 Å². The molecule has 2 nitrogen and oxygen atoms in total. The van der Waals surface area contributed by atoms with Gasteiger partial charge >= 0.3 is 0 Å². The Bertz CT molecular complexity index is 187. The van der Waals surface area contributed by atoms with Crippen LogP contribution in [0, 0.1) is 11.8 Å². The lowest BCUT2D eigenvalue weighted by Gasteiger charge is -2.19. The molecular weight excluding hydrogens is 174 g/mol. The molecule has 82 valence electrons. The Morgan fingerprint density at radius 2 is 2.21 bits per heavy atom. The highest BCUT2D eigenvalue weighted by Crippen LogP contribution is 2.19. The van der Waals surface area contributed by atoms with E-state index in [4.69, 9.17) is 5.11 Å². The average molecular weight is 197 g/mol. The molecule has 0 aliphatic heterocycles. The lowest BCUT2D eigenvalue weighted by atomic mass is 9.89. The van der Waals surface area contributed by atoms with Gasteiger partial charge in [-0.25, -0.2) is 0 Å². The highest BCUT2D eigenvalue weighted by Gasteiger charge is 2.13. The van der Waals surface area contributed by atoms with E-state index in [9.17, 15) is 0 Å². The van der Waals surface area contributed by atoms with Crippen LogP contribution in [0.3, 0.4) is 0 Å². The maximum Gasteiger partial charge on any atom is 0.0806 e. The van der Waals surface area contributed by atoms with E-state index < -0.39 is 0 Å². The first-order chi connectivity index (χ1) is 6.65. The number of aliphatic imine (C=N–C) groups is 1. The number of allylic oxidation sites excluding steroid dienone is 1. The summed E-state index contributed by atoms with van der Waals surface area (Å²) in [6.45, 7) is 11.0. The molecule has 0 aromatic carbocycles. The second-order valence-electron chi connectivity index (χ2n) is 3.90. The average Bonchev–Trinajstić information content (AvgIpc) is 2.22. The van der Waals surface area contributed by atoms with Crippen molar-refractivity contribution in [3.8, 4) is 0 Å². The van der Waals surface area contributed by atoms with E-state index in [0.717, 1.165) is 18.7 Å². The molecule has 0 aromatic heterocycles. The van der Waals surface area contributed by atoms with Gasteiger partial charge < -0.3 is 5.11 Å². The van der Waals surface area contributed by atoms with E-state index in [1.54, 1.807) is 0 Å². The summed E-state index contributed by atoms with van der Waals surface area (Å²) in [5.41, 5.74) is 0.822. The van der Waals surface area contributed by atoms with E-state index in [1.165, 1.54) is 6.42 Å². The summed E-state index contributed by atoms with van der Waals surface area (Å²) in [4.78, 5) is 4.35. The molecule has 0 amide bonds. The molecule has 0 heterocycles. The van der Waals surface area contributed by atoms with E-state index in [-0.39, 0.29) is 6.61 Å². The van der Waals surface area contributed by atoms with Gasteiger partial charge in [0.05, 0.1) is 6.61 Å². The Morgan fingerprint density at radius 1 is 1.57 bits per heavy atom. The largest absolute Gasteiger partial charge is 0.390 e. The molecule has 0 radical (unpaired) electrons. The smallest absolute Gasteiger partial charge is 0.0806 e. The molecule has 1 unspecified atom stereocenters. The molecule has 0 saturated heterocycles. The van der Waals surface area contributed by atoms with Crippen LogP contribution in [0.1, 0.15) is 33.6 Å². The molecule has 2 atom stereocenters. The summed E-state index contributed by atoms with van der Waals surface area (Å²) in [7, 11) is 0. The van der Waals surface area contributed by atoms with Crippen LogP contribution in [0.25, 0.3) is 0 Å². The quantitative estimate of drug-likeness (QED) is 0.494. The maximum atomic E-state index is 8.82. The number of nitrogens with zero attached hydrogens (tertiary/aromatic N) is 1. The van der Waals surface area contributed by atoms with Crippen LogP contribution in [-0.2, 0) is 0 Å². The fourth-order valence-corrected chi connectivity index (χ4v) is 1.36. The summed E-state index contributed by atoms with van der Waals surface area (Å²) < 4.78 is 0. The molecule has 0 saturated carbocycles. The molecule has 0 aliphatic carbocycles. The Kier molecular flexibility index (Phi) is 7.40. The lowest BCUT2D eigenvalue weighted by Crippen LogP contribution is -2.15. The first-order valence-electron chi connectivity index (χ1n) is 5.37. The Hall–Kier alpha value is -0.630. The van der Waals surface area contributed by atoms with Crippen LogP contribution < -0.4 is 0 Å². The molecular formula is C12H23NO. The van der Waals surface area contributed by atoms with Gasteiger partial charge in [-0.1, -0.05) is 26.3 Å². The van der Waals surface area contributed by atoms with Crippen molar-refractivity contribution in [1.29, 1.82) is 0 Å². The van der Waals surface area contributed by atoms with Crippen molar-refractivity contribution in [2.45, 2.75) is 33.6 Å². The van der Waals surface area contributed by atoms with Crippen molar-refractivity contribution in [3.63, 3.8) is 0 Å². The van der Waals surface area contributed by atoms with E-state index in [1.807, 2.05) is 13.0 Å². The third-order valence-electron chi connectivity index (χ3n) is 2.74. The standard InChI is InChI=1S/C12H23NO/c1-5-7-12(10(3)6-2)8-13-11(4)9-14/h5,10,12,14H,1,6-9H2,2-4H3/b13-11+/t10-,12?/m0/s1. The number of aliphatic hydroxyl groups is 1.